The maximum atomic E-state index is 12.8. The Morgan fingerprint density at radius 3 is 2.20 bits per heavy atom. The van der Waals surface area contributed by atoms with E-state index in [4.69, 9.17) is 0 Å². The summed E-state index contributed by atoms with van der Waals surface area (Å²) in [4.78, 5) is 15.3. The van der Waals surface area contributed by atoms with E-state index in [2.05, 4.69) is 34.5 Å². The van der Waals surface area contributed by atoms with Crippen molar-refractivity contribution in [3.63, 3.8) is 0 Å². The third-order valence-electron chi connectivity index (χ3n) is 6.95. The Bertz CT molecular complexity index is 1280. The van der Waals surface area contributed by atoms with E-state index in [9.17, 15) is 13.2 Å². The van der Waals surface area contributed by atoms with E-state index in [0.29, 0.717) is 30.1 Å². The molecule has 1 amide bonds. The van der Waals surface area contributed by atoms with Crippen LogP contribution in [0, 0.1) is 0 Å². The minimum absolute atomic E-state index is 0.148. The van der Waals surface area contributed by atoms with E-state index < -0.39 is 10.0 Å². The van der Waals surface area contributed by atoms with E-state index in [1.165, 1.54) is 11.1 Å². The molecule has 7 heteroatoms. The molecule has 3 aromatic rings. The van der Waals surface area contributed by atoms with Crippen molar-refractivity contribution in [2.75, 3.05) is 24.5 Å². The molecule has 5 rings (SSSR count). The maximum absolute atomic E-state index is 12.8. The lowest BCUT2D eigenvalue weighted by atomic mass is 9.99. The van der Waals surface area contributed by atoms with Crippen LogP contribution in [-0.4, -0.2) is 38.3 Å². The van der Waals surface area contributed by atoms with Crippen LogP contribution in [-0.2, 0) is 29.5 Å². The zero-order valence-corrected chi connectivity index (χ0v) is 20.6. The lowest BCUT2D eigenvalue weighted by Gasteiger charge is -2.30. The summed E-state index contributed by atoms with van der Waals surface area (Å²) in [6.45, 7) is 3.36. The molecule has 182 valence electrons. The number of sulfonamides is 1. The van der Waals surface area contributed by atoms with Gasteiger partial charge in [-0.05, 0) is 72.4 Å². The van der Waals surface area contributed by atoms with Gasteiger partial charge in [0.05, 0.1) is 4.90 Å². The monoisotopic (exact) mass is 489 g/mol. The van der Waals surface area contributed by atoms with Crippen molar-refractivity contribution >= 4 is 21.6 Å². The molecule has 0 bridgehead atoms. The van der Waals surface area contributed by atoms with Crippen molar-refractivity contribution in [2.24, 2.45) is 0 Å². The van der Waals surface area contributed by atoms with Crippen LogP contribution < -0.4 is 10.2 Å². The van der Waals surface area contributed by atoms with Gasteiger partial charge >= 0.3 is 0 Å². The molecule has 0 spiro atoms. The highest BCUT2D eigenvalue weighted by molar-refractivity contribution is 7.89. The molecule has 0 atom stereocenters. The summed E-state index contributed by atoms with van der Waals surface area (Å²) in [5, 5.41) is 2.94. The van der Waals surface area contributed by atoms with Gasteiger partial charge in [0, 0.05) is 44.0 Å². The number of hydrogen-bond acceptors (Lipinski definition) is 4. The van der Waals surface area contributed by atoms with Gasteiger partial charge < -0.3 is 10.2 Å². The van der Waals surface area contributed by atoms with Crippen LogP contribution in [0.2, 0.25) is 0 Å². The highest BCUT2D eigenvalue weighted by atomic mass is 32.2. The normalized spacial score (nSPS) is 16.5. The third-order valence-corrected chi connectivity index (χ3v) is 8.87. The Balaban J connectivity index is 1.17. The Hall–Kier alpha value is -3.16. The first kappa shape index (κ1) is 23.6. The summed E-state index contributed by atoms with van der Waals surface area (Å²) < 4.78 is 27.2. The quantitative estimate of drug-likeness (QED) is 0.559. The lowest BCUT2D eigenvalue weighted by molar-refractivity contribution is 0.0951. The van der Waals surface area contributed by atoms with Crippen molar-refractivity contribution < 1.29 is 13.2 Å². The molecular weight excluding hydrogens is 458 g/mol. The molecule has 2 heterocycles. The first-order chi connectivity index (χ1) is 17.0. The van der Waals surface area contributed by atoms with Gasteiger partial charge in [-0.3, -0.25) is 4.79 Å². The van der Waals surface area contributed by atoms with Gasteiger partial charge in [0.15, 0.2) is 0 Å². The van der Waals surface area contributed by atoms with Crippen LogP contribution >= 0.6 is 0 Å². The molecule has 2 aliphatic heterocycles. The lowest BCUT2D eigenvalue weighted by Crippen LogP contribution is -2.35. The number of carbonyl (C=O) groups excluding carboxylic acids is 1. The number of amides is 1. The molecule has 0 radical (unpaired) electrons. The van der Waals surface area contributed by atoms with Gasteiger partial charge in [-0.1, -0.05) is 42.8 Å². The highest BCUT2D eigenvalue weighted by Crippen LogP contribution is 2.25. The molecule has 1 saturated heterocycles. The fraction of sp³-hybridized carbons (Fsp3) is 0.321. The number of fused-ring (bicyclic) bond motifs is 1. The number of nitrogens with one attached hydrogen (secondary N) is 1. The predicted molar refractivity (Wildman–Crippen MR) is 138 cm³/mol. The number of piperidine rings is 1. The van der Waals surface area contributed by atoms with E-state index in [1.807, 2.05) is 24.3 Å². The van der Waals surface area contributed by atoms with Gasteiger partial charge in [0.2, 0.25) is 10.0 Å². The van der Waals surface area contributed by atoms with Crippen molar-refractivity contribution in [1.29, 1.82) is 0 Å². The fourth-order valence-electron chi connectivity index (χ4n) is 4.86. The molecule has 35 heavy (non-hydrogen) atoms. The van der Waals surface area contributed by atoms with Crippen molar-refractivity contribution in [1.82, 2.24) is 9.62 Å². The largest absolute Gasteiger partial charge is 0.367 e. The summed E-state index contributed by atoms with van der Waals surface area (Å²) in [6, 6.07) is 23.1. The van der Waals surface area contributed by atoms with Gasteiger partial charge in [-0.2, -0.15) is 4.31 Å². The molecule has 0 saturated carbocycles. The smallest absolute Gasteiger partial charge is 0.251 e. The SMILES string of the molecule is O=C(NCc1ccc(S(=O)(=O)N2CCCCC2)cc1)c1ccc(N2CCc3ccccc3C2)cc1. The number of hydrogen-bond donors (Lipinski definition) is 1. The van der Waals surface area contributed by atoms with Crippen LogP contribution in [0.25, 0.3) is 0 Å². The van der Waals surface area contributed by atoms with Crippen LogP contribution in [0.5, 0.6) is 0 Å². The van der Waals surface area contributed by atoms with E-state index in [1.54, 1.807) is 28.6 Å². The van der Waals surface area contributed by atoms with Crippen molar-refractivity contribution in [3.05, 3.63) is 95.1 Å². The third kappa shape index (κ3) is 5.26. The number of benzene rings is 3. The molecule has 2 aliphatic rings. The molecule has 1 N–H and O–H groups in total. The first-order valence-corrected chi connectivity index (χ1v) is 13.7. The summed E-state index contributed by atoms with van der Waals surface area (Å²) in [6.07, 6.45) is 3.93. The number of rotatable bonds is 6. The van der Waals surface area contributed by atoms with Gasteiger partial charge in [-0.15, -0.1) is 0 Å². The molecule has 6 nitrogen and oxygen atoms in total. The predicted octanol–water partition coefficient (Wildman–Crippen LogP) is 4.35. The molecule has 0 unspecified atom stereocenters. The minimum Gasteiger partial charge on any atom is -0.367 e. The molecule has 3 aromatic carbocycles. The summed E-state index contributed by atoms with van der Waals surface area (Å²) >= 11 is 0. The number of anilines is 1. The van der Waals surface area contributed by atoms with Gasteiger partial charge in [-0.25, -0.2) is 8.42 Å². The summed E-state index contributed by atoms with van der Waals surface area (Å²) in [5.74, 6) is -0.148. The molecular formula is C28H31N3O3S. The summed E-state index contributed by atoms with van der Waals surface area (Å²) in [5.41, 5.74) is 5.35. The van der Waals surface area contributed by atoms with E-state index in [-0.39, 0.29) is 5.91 Å². The van der Waals surface area contributed by atoms with E-state index >= 15 is 0 Å². The average Bonchev–Trinajstić information content (AvgIpc) is 2.92. The standard InChI is InChI=1S/C28H31N3O3S/c32-28(24-10-12-26(13-11-24)30-19-16-23-6-2-3-7-25(23)21-30)29-20-22-8-14-27(15-9-22)35(33,34)31-17-4-1-5-18-31/h2-3,6-15H,1,4-5,16-21H2,(H,29,32). The minimum atomic E-state index is -3.44. The number of nitrogens with zero attached hydrogens (tertiary/aromatic N) is 2. The average molecular weight is 490 g/mol. The van der Waals surface area contributed by atoms with Crippen LogP contribution in [0.3, 0.4) is 0 Å². The molecule has 0 aliphatic carbocycles. The van der Waals surface area contributed by atoms with Crippen LogP contribution in [0.4, 0.5) is 5.69 Å². The number of carbonyl (C=O) groups is 1. The van der Waals surface area contributed by atoms with Gasteiger partial charge in [0.25, 0.3) is 5.91 Å². The second-order valence-electron chi connectivity index (χ2n) is 9.28. The highest BCUT2D eigenvalue weighted by Gasteiger charge is 2.25. The Labute approximate surface area is 207 Å². The van der Waals surface area contributed by atoms with Crippen LogP contribution in [0.15, 0.2) is 77.7 Å². The second-order valence-corrected chi connectivity index (χ2v) is 11.2. The first-order valence-electron chi connectivity index (χ1n) is 12.3. The zero-order valence-electron chi connectivity index (χ0n) is 19.8. The summed E-state index contributed by atoms with van der Waals surface area (Å²) in [7, 11) is -3.44. The topological polar surface area (TPSA) is 69.7 Å². The zero-order chi connectivity index (χ0) is 24.3. The van der Waals surface area contributed by atoms with Crippen LogP contribution in [0.1, 0.15) is 46.3 Å². The second kappa shape index (κ2) is 10.2. The Kier molecular flexibility index (Phi) is 6.88. The van der Waals surface area contributed by atoms with E-state index in [0.717, 1.165) is 50.0 Å². The van der Waals surface area contributed by atoms with Crippen molar-refractivity contribution in [3.8, 4) is 0 Å². The molecule has 0 aromatic heterocycles. The Morgan fingerprint density at radius 1 is 0.800 bits per heavy atom. The fourth-order valence-corrected chi connectivity index (χ4v) is 6.37. The maximum Gasteiger partial charge on any atom is 0.251 e. The van der Waals surface area contributed by atoms with Crippen molar-refractivity contribution in [2.45, 2.75) is 43.7 Å². The van der Waals surface area contributed by atoms with Gasteiger partial charge in [0.1, 0.15) is 0 Å². The Morgan fingerprint density at radius 2 is 1.49 bits per heavy atom. The molecule has 1 fully saturated rings.